The minimum Gasteiger partial charge on any atom is -0.337 e. The molecule has 3 heterocycles. The number of aryl methyl sites for hydroxylation is 2. The second-order valence-electron chi connectivity index (χ2n) is 6.71. The van der Waals surface area contributed by atoms with Crippen LogP contribution in [0.15, 0.2) is 21.9 Å². The molecule has 0 saturated carbocycles. The predicted octanol–water partition coefficient (Wildman–Crippen LogP) is 0.146. The molecular formula is C17H23N5O3. The van der Waals surface area contributed by atoms with Crippen molar-refractivity contribution in [2.45, 2.75) is 25.7 Å². The van der Waals surface area contributed by atoms with Gasteiger partial charge < -0.3 is 9.47 Å². The molecule has 0 spiro atoms. The summed E-state index contributed by atoms with van der Waals surface area (Å²) in [7, 11) is 4.87. The number of hydrogen-bond donors (Lipinski definition) is 0. The Morgan fingerprint density at radius 1 is 1.20 bits per heavy atom. The van der Waals surface area contributed by atoms with Crippen LogP contribution in [0.2, 0.25) is 0 Å². The van der Waals surface area contributed by atoms with E-state index in [4.69, 9.17) is 0 Å². The predicted molar refractivity (Wildman–Crippen MR) is 92.7 cm³/mol. The maximum atomic E-state index is 12.9. The Morgan fingerprint density at radius 2 is 1.92 bits per heavy atom. The van der Waals surface area contributed by atoms with Crippen molar-refractivity contribution in [3.05, 3.63) is 50.3 Å². The van der Waals surface area contributed by atoms with Gasteiger partial charge in [0.05, 0.1) is 5.69 Å². The number of imidazole rings is 1. The molecule has 1 fully saturated rings. The molecule has 1 aliphatic heterocycles. The maximum Gasteiger partial charge on any atom is 0.331 e. The minimum absolute atomic E-state index is 0.129. The highest BCUT2D eigenvalue weighted by Gasteiger charge is 2.29. The molecule has 1 aliphatic rings. The Balaban J connectivity index is 1.90. The molecule has 0 N–H and O–H groups in total. The molecule has 0 unspecified atom stereocenters. The summed E-state index contributed by atoms with van der Waals surface area (Å²) in [5.74, 6) is 0.834. The average Bonchev–Trinajstić information content (AvgIpc) is 2.94. The fourth-order valence-electron chi connectivity index (χ4n) is 3.49. The van der Waals surface area contributed by atoms with Crippen molar-refractivity contribution in [3.63, 3.8) is 0 Å². The highest BCUT2D eigenvalue weighted by Crippen LogP contribution is 2.26. The van der Waals surface area contributed by atoms with Gasteiger partial charge >= 0.3 is 5.69 Å². The van der Waals surface area contributed by atoms with E-state index in [0.717, 1.165) is 28.9 Å². The van der Waals surface area contributed by atoms with Crippen molar-refractivity contribution in [1.82, 2.24) is 23.6 Å². The number of aromatic nitrogens is 4. The third-order valence-electron chi connectivity index (χ3n) is 4.85. The van der Waals surface area contributed by atoms with Crippen LogP contribution >= 0.6 is 0 Å². The first-order valence-corrected chi connectivity index (χ1v) is 8.35. The molecule has 0 radical (unpaired) electrons. The van der Waals surface area contributed by atoms with Gasteiger partial charge in [-0.15, -0.1) is 0 Å². The van der Waals surface area contributed by atoms with Crippen LogP contribution < -0.4 is 11.2 Å². The Bertz CT molecular complexity index is 937. The third-order valence-corrected chi connectivity index (χ3v) is 4.85. The number of amides is 1. The van der Waals surface area contributed by atoms with Crippen LogP contribution in [-0.2, 0) is 21.1 Å². The summed E-state index contributed by atoms with van der Waals surface area (Å²) in [6, 6.07) is 1.23. The molecule has 0 aliphatic carbocycles. The summed E-state index contributed by atoms with van der Waals surface area (Å²) in [4.78, 5) is 43.2. The number of piperidine rings is 1. The number of nitrogens with zero attached hydrogens (tertiary/aromatic N) is 5. The SMILES string of the molecule is Cc1cn(C)c([C@@H]2CCCN(C(=O)c3cc(=O)n(C)c(=O)n3C)C2)n1. The van der Waals surface area contributed by atoms with Crippen molar-refractivity contribution in [2.75, 3.05) is 13.1 Å². The molecular weight excluding hydrogens is 322 g/mol. The second-order valence-corrected chi connectivity index (χ2v) is 6.71. The second kappa shape index (κ2) is 6.34. The maximum absolute atomic E-state index is 12.9. The van der Waals surface area contributed by atoms with Gasteiger partial charge in [0.2, 0.25) is 0 Å². The van der Waals surface area contributed by atoms with Crippen molar-refractivity contribution in [3.8, 4) is 0 Å². The Morgan fingerprint density at radius 3 is 2.56 bits per heavy atom. The van der Waals surface area contributed by atoms with Crippen LogP contribution in [0.1, 0.15) is 40.8 Å². The molecule has 3 rings (SSSR count). The van der Waals surface area contributed by atoms with Gasteiger partial charge in [0.1, 0.15) is 11.5 Å². The van der Waals surface area contributed by atoms with Gasteiger partial charge in [-0.3, -0.25) is 18.7 Å². The molecule has 134 valence electrons. The van der Waals surface area contributed by atoms with E-state index in [9.17, 15) is 14.4 Å². The summed E-state index contributed by atoms with van der Waals surface area (Å²) in [5.41, 5.74) is 0.114. The largest absolute Gasteiger partial charge is 0.337 e. The third kappa shape index (κ3) is 3.04. The van der Waals surface area contributed by atoms with Crippen LogP contribution in [0, 0.1) is 6.92 Å². The van der Waals surface area contributed by atoms with E-state index in [2.05, 4.69) is 4.98 Å². The standard InChI is InChI=1S/C17H23N5O3/c1-11-9-19(2)15(18-11)12-6-5-7-22(10-12)16(24)13-8-14(23)21(4)17(25)20(13)3/h8-9,12H,5-7,10H2,1-4H3/t12-/m1/s1. The van der Waals surface area contributed by atoms with Crippen LogP contribution in [0.3, 0.4) is 0 Å². The lowest BCUT2D eigenvalue weighted by molar-refractivity contribution is 0.0691. The topological polar surface area (TPSA) is 82.1 Å². The first kappa shape index (κ1) is 17.2. The van der Waals surface area contributed by atoms with E-state index < -0.39 is 11.2 Å². The van der Waals surface area contributed by atoms with Crippen molar-refractivity contribution >= 4 is 5.91 Å². The molecule has 2 aromatic rings. The van der Waals surface area contributed by atoms with Gasteiger partial charge in [0, 0.05) is 52.4 Å². The molecule has 1 saturated heterocycles. The smallest absolute Gasteiger partial charge is 0.331 e. The Labute approximate surface area is 145 Å². The summed E-state index contributed by atoms with van der Waals surface area (Å²) in [5, 5.41) is 0. The summed E-state index contributed by atoms with van der Waals surface area (Å²) >= 11 is 0. The van der Waals surface area contributed by atoms with E-state index in [1.807, 2.05) is 24.7 Å². The van der Waals surface area contributed by atoms with E-state index >= 15 is 0 Å². The quantitative estimate of drug-likeness (QED) is 0.776. The van der Waals surface area contributed by atoms with E-state index in [-0.39, 0.29) is 17.5 Å². The number of likely N-dealkylation sites (tertiary alicyclic amines) is 1. The molecule has 25 heavy (non-hydrogen) atoms. The lowest BCUT2D eigenvalue weighted by Gasteiger charge is -2.32. The van der Waals surface area contributed by atoms with Crippen LogP contribution in [0.4, 0.5) is 0 Å². The zero-order valence-electron chi connectivity index (χ0n) is 15.0. The van der Waals surface area contributed by atoms with Crippen molar-refractivity contribution in [2.24, 2.45) is 21.1 Å². The van der Waals surface area contributed by atoms with Crippen LogP contribution in [-0.4, -0.2) is 42.6 Å². The van der Waals surface area contributed by atoms with Gasteiger partial charge in [-0.1, -0.05) is 0 Å². The molecule has 8 heteroatoms. The Hall–Kier alpha value is -2.64. The summed E-state index contributed by atoms with van der Waals surface area (Å²) in [6.07, 6.45) is 3.80. The zero-order chi connectivity index (χ0) is 18.3. The molecule has 0 aromatic carbocycles. The Kier molecular flexibility index (Phi) is 4.36. The lowest BCUT2D eigenvalue weighted by atomic mass is 9.97. The van der Waals surface area contributed by atoms with E-state index in [1.54, 1.807) is 4.90 Å². The monoisotopic (exact) mass is 345 g/mol. The molecule has 1 amide bonds. The first-order chi connectivity index (χ1) is 11.8. The number of rotatable bonds is 2. The van der Waals surface area contributed by atoms with E-state index in [1.165, 1.54) is 24.7 Å². The summed E-state index contributed by atoms with van der Waals surface area (Å²) in [6.45, 7) is 3.10. The molecule has 2 aromatic heterocycles. The minimum atomic E-state index is -0.496. The highest BCUT2D eigenvalue weighted by molar-refractivity contribution is 5.92. The molecule has 8 nitrogen and oxygen atoms in total. The van der Waals surface area contributed by atoms with Crippen LogP contribution in [0.25, 0.3) is 0 Å². The van der Waals surface area contributed by atoms with Gasteiger partial charge in [-0.05, 0) is 19.8 Å². The summed E-state index contributed by atoms with van der Waals surface area (Å²) < 4.78 is 4.23. The normalized spacial score (nSPS) is 17.8. The average molecular weight is 345 g/mol. The lowest BCUT2D eigenvalue weighted by Crippen LogP contribution is -2.45. The van der Waals surface area contributed by atoms with Crippen LogP contribution in [0.5, 0.6) is 0 Å². The molecule has 1 atom stereocenters. The highest BCUT2D eigenvalue weighted by atomic mass is 16.2. The first-order valence-electron chi connectivity index (χ1n) is 8.35. The van der Waals surface area contributed by atoms with E-state index in [0.29, 0.717) is 13.1 Å². The number of hydrogen-bond acceptors (Lipinski definition) is 4. The van der Waals surface area contributed by atoms with Gasteiger partial charge in [0.15, 0.2) is 0 Å². The number of carbonyl (C=O) groups excluding carboxylic acids is 1. The van der Waals surface area contributed by atoms with Gasteiger partial charge in [-0.25, -0.2) is 9.78 Å². The van der Waals surface area contributed by atoms with Crippen molar-refractivity contribution in [1.29, 1.82) is 0 Å². The number of carbonyl (C=O) groups is 1. The van der Waals surface area contributed by atoms with Gasteiger partial charge in [-0.2, -0.15) is 0 Å². The van der Waals surface area contributed by atoms with Gasteiger partial charge in [0.25, 0.3) is 11.5 Å². The zero-order valence-corrected chi connectivity index (χ0v) is 15.0. The fraction of sp³-hybridized carbons (Fsp3) is 0.529. The van der Waals surface area contributed by atoms with Crippen molar-refractivity contribution < 1.29 is 4.79 Å². The molecule has 0 bridgehead atoms. The fourth-order valence-corrected chi connectivity index (χ4v) is 3.49.